The van der Waals surface area contributed by atoms with E-state index in [1.54, 1.807) is 0 Å². The predicted octanol–water partition coefficient (Wildman–Crippen LogP) is 3.52. The molecule has 2 heteroatoms. The molecule has 0 radical (unpaired) electrons. The van der Waals surface area contributed by atoms with Gasteiger partial charge in [0.15, 0.2) is 0 Å². The van der Waals surface area contributed by atoms with Crippen molar-refractivity contribution in [2.45, 2.75) is 65.3 Å². The van der Waals surface area contributed by atoms with Crippen LogP contribution in [0.4, 0.5) is 0 Å². The summed E-state index contributed by atoms with van der Waals surface area (Å²) in [5, 5.41) is 3.87. The number of nitrogens with zero attached hydrogens (tertiary/aromatic N) is 1. The molecule has 1 heterocycles. The molecule has 2 aliphatic rings. The Labute approximate surface area is 120 Å². The summed E-state index contributed by atoms with van der Waals surface area (Å²) in [6.45, 7) is 12.2. The molecule has 1 saturated heterocycles. The molecule has 112 valence electrons. The fourth-order valence-electron chi connectivity index (χ4n) is 3.76. The SMILES string of the molecule is CCCC1CC(NCC2CCC2)CN(CC(C)C)C1. The summed E-state index contributed by atoms with van der Waals surface area (Å²) >= 11 is 0. The second kappa shape index (κ2) is 7.64. The summed E-state index contributed by atoms with van der Waals surface area (Å²) in [7, 11) is 0. The highest BCUT2D eigenvalue weighted by molar-refractivity contribution is 4.85. The van der Waals surface area contributed by atoms with Gasteiger partial charge in [-0.1, -0.05) is 33.6 Å². The third kappa shape index (κ3) is 5.07. The van der Waals surface area contributed by atoms with E-state index in [0.29, 0.717) is 0 Å². The molecule has 2 atom stereocenters. The van der Waals surface area contributed by atoms with Crippen LogP contribution in [0.2, 0.25) is 0 Å². The Morgan fingerprint density at radius 2 is 1.95 bits per heavy atom. The smallest absolute Gasteiger partial charge is 0.0198 e. The zero-order valence-electron chi connectivity index (χ0n) is 13.3. The Bertz CT molecular complexity index is 248. The first-order valence-electron chi connectivity index (χ1n) is 8.63. The first-order valence-corrected chi connectivity index (χ1v) is 8.63. The van der Waals surface area contributed by atoms with Crippen LogP contribution < -0.4 is 5.32 Å². The van der Waals surface area contributed by atoms with Gasteiger partial charge in [-0.15, -0.1) is 0 Å². The van der Waals surface area contributed by atoms with Gasteiger partial charge in [0.1, 0.15) is 0 Å². The third-order valence-electron chi connectivity index (χ3n) is 4.85. The maximum atomic E-state index is 3.87. The first kappa shape index (κ1) is 15.3. The summed E-state index contributed by atoms with van der Waals surface area (Å²) in [4.78, 5) is 2.72. The van der Waals surface area contributed by atoms with Gasteiger partial charge >= 0.3 is 0 Å². The van der Waals surface area contributed by atoms with E-state index in [1.807, 2.05) is 0 Å². The minimum Gasteiger partial charge on any atom is -0.312 e. The molecule has 0 spiro atoms. The fraction of sp³-hybridized carbons (Fsp3) is 1.00. The molecule has 1 aliphatic carbocycles. The maximum absolute atomic E-state index is 3.87. The van der Waals surface area contributed by atoms with Crippen LogP contribution in [-0.4, -0.2) is 37.1 Å². The summed E-state index contributed by atoms with van der Waals surface area (Å²) in [6, 6.07) is 0.754. The van der Waals surface area contributed by atoms with Crippen LogP contribution in [0.5, 0.6) is 0 Å². The van der Waals surface area contributed by atoms with E-state index in [0.717, 1.165) is 23.8 Å². The van der Waals surface area contributed by atoms with Crippen LogP contribution >= 0.6 is 0 Å². The van der Waals surface area contributed by atoms with Gasteiger partial charge in [-0.05, 0) is 50.0 Å². The van der Waals surface area contributed by atoms with Crippen LogP contribution in [0.3, 0.4) is 0 Å². The van der Waals surface area contributed by atoms with Gasteiger partial charge in [-0.25, -0.2) is 0 Å². The molecule has 0 amide bonds. The van der Waals surface area contributed by atoms with Gasteiger partial charge in [0.25, 0.3) is 0 Å². The van der Waals surface area contributed by atoms with Gasteiger partial charge in [0.05, 0.1) is 0 Å². The number of nitrogens with one attached hydrogen (secondary N) is 1. The van der Waals surface area contributed by atoms with E-state index in [4.69, 9.17) is 0 Å². The normalized spacial score (nSPS) is 29.7. The third-order valence-corrected chi connectivity index (χ3v) is 4.85. The van der Waals surface area contributed by atoms with Crippen molar-refractivity contribution < 1.29 is 0 Å². The zero-order chi connectivity index (χ0) is 13.7. The highest BCUT2D eigenvalue weighted by atomic mass is 15.2. The van der Waals surface area contributed by atoms with Crippen LogP contribution in [0.25, 0.3) is 0 Å². The molecule has 19 heavy (non-hydrogen) atoms. The lowest BCUT2D eigenvalue weighted by atomic mass is 9.84. The molecule has 2 rings (SSSR count). The average Bonchev–Trinajstić information content (AvgIpc) is 2.26. The van der Waals surface area contributed by atoms with E-state index in [9.17, 15) is 0 Å². The molecule has 0 aromatic carbocycles. The molecule has 0 aromatic heterocycles. The zero-order valence-corrected chi connectivity index (χ0v) is 13.3. The average molecular weight is 266 g/mol. The Morgan fingerprint density at radius 1 is 1.16 bits per heavy atom. The van der Waals surface area contributed by atoms with Crippen LogP contribution in [-0.2, 0) is 0 Å². The van der Waals surface area contributed by atoms with Gasteiger partial charge in [0.2, 0.25) is 0 Å². The van der Waals surface area contributed by atoms with Crippen molar-refractivity contribution in [2.24, 2.45) is 17.8 Å². The second-order valence-corrected chi connectivity index (χ2v) is 7.40. The molecule has 1 saturated carbocycles. The number of likely N-dealkylation sites (tertiary alicyclic amines) is 1. The Balaban J connectivity index is 1.78. The molecule has 2 nitrogen and oxygen atoms in total. The predicted molar refractivity (Wildman–Crippen MR) is 83.4 cm³/mol. The van der Waals surface area contributed by atoms with Gasteiger partial charge in [-0.3, -0.25) is 0 Å². The van der Waals surface area contributed by atoms with Crippen molar-refractivity contribution in [1.82, 2.24) is 10.2 Å². The van der Waals surface area contributed by atoms with Crippen molar-refractivity contribution in [3.8, 4) is 0 Å². The van der Waals surface area contributed by atoms with E-state index in [1.165, 1.54) is 64.7 Å². The van der Waals surface area contributed by atoms with Crippen molar-refractivity contribution in [3.05, 3.63) is 0 Å². The lowest BCUT2D eigenvalue weighted by Crippen LogP contribution is -2.51. The van der Waals surface area contributed by atoms with Crippen LogP contribution in [0.1, 0.15) is 59.3 Å². The molecule has 0 aromatic rings. The van der Waals surface area contributed by atoms with E-state index >= 15 is 0 Å². The molecule has 1 aliphatic heterocycles. The molecular formula is C17H34N2. The Hall–Kier alpha value is -0.0800. The van der Waals surface area contributed by atoms with Crippen molar-refractivity contribution in [3.63, 3.8) is 0 Å². The highest BCUT2D eigenvalue weighted by Gasteiger charge is 2.27. The molecule has 2 fully saturated rings. The van der Waals surface area contributed by atoms with E-state index < -0.39 is 0 Å². The quantitative estimate of drug-likeness (QED) is 0.758. The van der Waals surface area contributed by atoms with Crippen molar-refractivity contribution in [2.75, 3.05) is 26.2 Å². The standard InChI is InChI=1S/C17H34N2/c1-4-6-16-9-17(18-10-15-7-5-8-15)13-19(12-16)11-14(2)3/h14-18H,4-13H2,1-3H3. The lowest BCUT2D eigenvalue weighted by Gasteiger charge is -2.40. The molecule has 2 unspecified atom stereocenters. The van der Waals surface area contributed by atoms with Crippen molar-refractivity contribution >= 4 is 0 Å². The molecule has 0 bridgehead atoms. The minimum atomic E-state index is 0.754. The van der Waals surface area contributed by atoms with E-state index in [2.05, 4.69) is 31.0 Å². The first-order chi connectivity index (χ1) is 9.17. The minimum absolute atomic E-state index is 0.754. The lowest BCUT2D eigenvalue weighted by molar-refractivity contribution is 0.118. The topological polar surface area (TPSA) is 15.3 Å². The van der Waals surface area contributed by atoms with Gasteiger partial charge in [-0.2, -0.15) is 0 Å². The molecule has 1 N–H and O–H groups in total. The highest BCUT2D eigenvalue weighted by Crippen LogP contribution is 2.27. The van der Waals surface area contributed by atoms with Gasteiger partial charge < -0.3 is 10.2 Å². The maximum Gasteiger partial charge on any atom is 0.0198 e. The summed E-state index contributed by atoms with van der Waals surface area (Å²) in [5.74, 6) is 2.72. The number of hydrogen-bond donors (Lipinski definition) is 1. The van der Waals surface area contributed by atoms with Crippen molar-refractivity contribution in [1.29, 1.82) is 0 Å². The Morgan fingerprint density at radius 3 is 2.53 bits per heavy atom. The Kier molecular flexibility index (Phi) is 6.15. The number of rotatable bonds is 7. The number of piperidine rings is 1. The number of hydrogen-bond acceptors (Lipinski definition) is 2. The van der Waals surface area contributed by atoms with Crippen LogP contribution in [0, 0.1) is 17.8 Å². The largest absolute Gasteiger partial charge is 0.312 e. The second-order valence-electron chi connectivity index (χ2n) is 7.40. The summed E-state index contributed by atoms with van der Waals surface area (Å²) in [6.07, 6.45) is 8.57. The monoisotopic (exact) mass is 266 g/mol. The molecular weight excluding hydrogens is 232 g/mol. The van der Waals surface area contributed by atoms with Crippen LogP contribution in [0.15, 0.2) is 0 Å². The summed E-state index contributed by atoms with van der Waals surface area (Å²) < 4.78 is 0. The van der Waals surface area contributed by atoms with Gasteiger partial charge in [0, 0.05) is 25.7 Å². The summed E-state index contributed by atoms with van der Waals surface area (Å²) in [5.41, 5.74) is 0. The fourth-order valence-corrected chi connectivity index (χ4v) is 3.76. The van der Waals surface area contributed by atoms with E-state index in [-0.39, 0.29) is 0 Å².